The third-order valence-electron chi connectivity index (χ3n) is 18.7. The van der Waals surface area contributed by atoms with Crippen LogP contribution in [-0.4, -0.2) is 331 Å². The van der Waals surface area contributed by atoms with Gasteiger partial charge in [0.05, 0.1) is 92.8 Å². The maximum absolute atomic E-state index is 15.3. The normalized spacial score (nSPS) is 26.4. The van der Waals surface area contributed by atoms with E-state index in [1.165, 1.54) is 24.6 Å². The van der Waals surface area contributed by atoms with Crippen molar-refractivity contribution in [2.45, 2.75) is 225 Å². The number of nitrogens with zero attached hydrogens (tertiary/aromatic N) is 5. The van der Waals surface area contributed by atoms with Gasteiger partial charge in [-0.2, -0.15) is 0 Å². The van der Waals surface area contributed by atoms with Gasteiger partial charge in [-0.1, -0.05) is 0 Å². The third-order valence-corrected chi connectivity index (χ3v) is 21.6. The van der Waals surface area contributed by atoms with Crippen LogP contribution in [0.2, 0.25) is 0 Å². The van der Waals surface area contributed by atoms with Crippen LogP contribution in [0.15, 0.2) is 23.3 Å². The largest absolute Gasteiger partial charge is 0.441 e. The van der Waals surface area contributed by atoms with E-state index in [2.05, 4.69) is 79.6 Å². The molecule has 3 aliphatic rings. The highest BCUT2D eigenvalue weighted by Crippen LogP contribution is 2.36. The number of carbonyl (C=O) groups excluding carboxylic acids is 9. The van der Waals surface area contributed by atoms with E-state index in [4.69, 9.17) is 73.3 Å². The number of nitrogens with two attached hydrogens (primary N) is 7. The molecule has 0 aromatic carbocycles. The van der Waals surface area contributed by atoms with Gasteiger partial charge in [-0.15, -0.1) is 22.7 Å². The lowest BCUT2D eigenvalue weighted by molar-refractivity contribution is -0.372. The van der Waals surface area contributed by atoms with Crippen molar-refractivity contribution in [1.82, 2.24) is 67.1 Å². The highest BCUT2D eigenvalue weighted by Gasteiger charge is 2.54. The van der Waals surface area contributed by atoms with Crippen molar-refractivity contribution in [1.29, 1.82) is 0 Å². The Balaban J connectivity index is 1.13. The molecule has 0 radical (unpaired) electrons. The van der Waals surface area contributed by atoms with Gasteiger partial charge in [0.15, 0.2) is 37.3 Å². The van der Waals surface area contributed by atoms with Crippen molar-refractivity contribution in [3.63, 3.8) is 0 Å². The van der Waals surface area contributed by atoms with Gasteiger partial charge in [0.1, 0.15) is 118 Å². The van der Waals surface area contributed by atoms with Crippen LogP contribution in [0.5, 0.6) is 0 Å². The SMILES string of the molecule is Cc1c(N)nc([C@H](CC(N)=O)NC[C@H](N)C(N)=O)nc1C(=O)N[C@H](C(=O)N[C@H](C)[C@@H](O)CC(=O)N[C@H](C(=O)NC(O[C@@H]1O[C@@H](C)[C@@H](N)[C@@H](O)[C@H]1O)C(O)c1nc(-c2nc(C(=O)NCCCC(N)CC(=O)NCCC[S+](C)C)cs2)cs1)[C@@H](C)O)[C@@H](O[C@@H]1O[C@@H](CO)[C@@H](O)[C@H](O)[C@@H]1O[C@H]1O[C@H](CO)[C@@H](O)[C@H](OC(N)=O)[C@@H]1O)c1cnc[nH]1. The number of ether oxygens (including phenoxy) is 7. The number of thiazole rings is 2. The zero-order chi connectivity index (χ0) is 85.9. The number of rotatable bonds is 43. The summed E-state index contributed by atoms with van der Waals surface area (Å²) in [5.74, 6) is -7.58. The van der Waals surface area contributed by atoms with Crippen molar-refractivity contribution in [2.75, 3.05) is 56.8 Å². The summed E-state index contributed by atoms with van der Waals surface area (Å²) in [5, 5.41) is 144. The van der Waals surface area contributed by atoms with Crippen LogP contribution in [0.4, 0.5) is 10.6 Å². The summed E-state index contributed by atoms with van der Waals surface area (Å²) in [4.78, 5) is 145. The van der Waals surface area contributed by atoms with E-state index in [0.717, 1.165) is 61.2 Å². The molecule has 7 rings (SSSR count). The highest BCUT2D eigenvalue weighted by molar-refractivity contribution is 7.95. The Kier molecular flexibility index (Phi) is 36.1. The minimum absolute atomic E-state index is 0.0171. The second-order valence-corrected chi connectivity index (χ2v) is 32.1. The molecule has 7 heterocycles. The molecule has 47 nitrogen and oxygen atoms in total. The second kappa shape index (κ2) is 44.1. The van der Waals surface area contributed by atoms with E-state index in [0.29, 0.717) is 19.4 Å². The molecule has 3 fully saturated rings. The topological polar surface area (TPSA) is 787 Å². The summed E-state index contributed by atoms with van der Waals surface area (Å²) < 4.78 is 40.4. The number of amides is 9. The van der Waals surface area contributed by atoms with Crippen molar-refractivity contribution < 1.29 is 132 Å². The van der Waals surface area contributed by atoms with Crippen molar-refractivity contribution in [3.8, 4) is 10.7 Å². The molecular weight excluding hydrogens is 1600 g/mol. The van der Waals surface area contributed by atoms with Gasteiger partial charge in [0.2, 0.25) is 35.4 Å². The van der Waals surface area contributed by atoms with Gasteiger partial charge in [0.25, 0.3) is 11.8 Å². The second-order valence-electron chi connectivity index (χ2n) is 28.0. The molecule has 116 heavy (non-hydrogen) atoms. The summed E-state index contributed by atoms with van der Waals surface area (Å²) in [6.45, 7) is 3.20. The Labute approximate surface area is 673 Å². The molecule has 0 bridgehead atoms. The highest BCUT2D eigenvalue weighted by atomic mass is 32.2. The van der Waals surface area contributed by atoms with E-state index < -0.39 is 256 Å². The maximum Gasteiger partial charge on any atom is 0.404 e. The van der Waals surface area contributed by atoms with Crippen LogP contribution < -0.4 is 77.4 Å². The van der Waals surface area contributed by atoms with Crippen LogP contribution >= 0.6 is 22.7 Å². The molecule has 648 valence electrons. The lowest BCUT2D eigenvalue weighted by Crippen LogP contribution is -2.65. The number of aromatic nitrogens is 6. The van der Waals surface area contributed by atoms with E-state index >= 15 is 9.59 Å². The predicted octanol–water partition coefficient (Wildman–Crippen LogP) is -10.7. The number of imidazole rings is 1. The van der Waals surface area contributed by atoms with Crippen LogP contribution in [0.3, 0.4) is 0 Å². The van der Waals surface area contributed by atoms with E-state index in [-0.39, 0.29) is 62.4 Å². The number of carbonyl (C=O) groups is 9. The quantitative estimate of drug-likeness (QED) is 0.0111. The Morgan fingerprint density at radius 2 is 1.38 bits per heavy atom. The number of H-pyrrole nitrogens is 1. The summed E-state index contributed by atoms with van der Waals surface area (Å²) in [6.07, 6.45) is -31.9. The van der Waals surface area contributed by atoms with Crippen molar-refractivity contribution in [2.24, 2.45) is 34.4 Å². The first-order valence-corrected chi connectivity index (χ1v) is 40.4. The minimum Gasteiger partial charge on any atom is -0.441 e. The van der Waals surface area contributed by atoms with Gasteiger partial charge in [-0.3, -0.25) is 38.4 Å². The molecule has 0 spiro atoms. The molecule has 0 aliphatic carbocycles. The zero-order valence-corrected chi connectivity index (χ0v) is 66.2. The molecule has 3 unspecified atom stereocenters. The first kappa shape index (κ1) is 95.0. The molecular formula is C66H105N20O27S3+. The maximum atomic E-state index is 15.3. The summed E-state index contributed by atoms with van der Waals surface area (Å²) in [7, 11) is 0.263. The monoisotopic (exact) mass is 1710 g/mol. The van der Waals surface area contributed by atoms with Gasteiger partial charge in [-0.05, 0) is 51.4 Å². The van der Waals surface area contributed by atoms with Gasteiger partial charge in [-0.25, -0.2) is 29.7 Å². The third kappa shape index (κ3) is 25.9. The van der Waals surface area contributed by atoms with Crippen molar-refractivity contribution in [3.05, 3.63) is 56.8 Å². The first-order chi connectivity index (χ1) is 54.7. The van der Waals surface area contributed by atoms with Crippen LogP contribution in [-0.2, 0) is 72.8 Å². The van der Waals surface area contributed by atoms with Gasteiger partial charge >= 0.3 is 6.09 Å². The lowest BCUT2D eigenvalue weighted by atomic mass is 9.97. The van der Waals surface area contributed by atoms with E-state index in [1.54, 1.807) is 0 Å². The lowest BCUT2D eigenvalue weighted by Gasteiger charge is -2.47. The number of nitrogens with one attached hydrogen (secondary N) is 8. The first-order valence-electron chi connectivity index (χ1n) is 36.4. The van der Waals surface area contributed by atoms with E-state index in [9.17, 15) is 89.7 Å². The van der Waals surface area contributed by atoms with Crippen LogP contribution in [0.1, 0.15) is 121 Å². The van der Waals surface area contributed by atoms with Crippen LogP contribution in [0.25, 0.3) is 10.7 Å². The number of hydrogen-bond acceptors (Lipinski definition) is 39. The molecule has 4 aromatic rings. The molecule has 26 atom stereocenters. The number of aliphatic hydroxyl groups is 11. The average Bonchev–Trinajstić information content (AvgIpc) is 1.65. The Morgan fingerprint density at radius 1 is 0.707 bits per heavy atom. The smallest absolute Gasteiger partial charge is 0.404 e. The fraction of sp³-hybridized carbons (Fsp3) is 0.667. The number of aliphatic hydroxyl groups excluding tert-OH is 11. The summed E-state index contributed by atoms with van der Waals surface area (Å²) in [5.41, 5.74) is 39.6. The molecule has 33 N–H and O–H groups in total. The molecule has 3 saturated heterocycles. The average molecular weight is 1710 g/mol. The minimum atomic E-state index is -2.27. The molecule has 50 heteroatoms. The number of primary amides is 3. The number of nitrogen functional groups attached to an aromatic ring is 1. The number of anilines is 1. The number of hydrogen-bond donors (Lipinski definition) is 26. The Bertz CT molecular complexity index is 3920. The fourth-order valence-electron chi connectivity index (χ4n) is 12.0. The molecule has 3 aliphatic heterocycles. The van der Waals surface area contributed by atoms with Crippen molar-refractivity contribution >= 4 is 92.7 Å². The summed E-state index contributed by atoms with van der Waals surface area (Å²) in [6, 6.07) is -10.2. The predicted molar refractivity (Wildman–Crippen MR) is 405 cm³/mol. The standard InChI is InChI=1S/C66H104N20O27S3/c1-23-40(83-55(85-53(23)71)29(14-36(69)91)77-16-28(68)54(72)101)57(103)84-42(50(30-17-74-22-78-30)110-65-52(46(97)43(94)34(18-87)109-65)111-64-48(99)51(112-66(73)106)44(95)35(19-88)108-64)59(105)79-24(2)33(90)15-38(93)82-41(25(3)89)58(104)86-60(113-63-47(98)45(96)39(70)26(4)107-63)49(100)62-81-32(21-115-62)61-80-31(20-114-61)56(102)76-10-7-9-27(67)13-37(92)75-11-8-12-116(5)6/h17,20-22,24-29,33-35,39,41-52,60,63-65,77,87-90,94-100H,7-16,18-19,67-68,70H2,1-6H3,(H14-,69,71,72,73,74,75,76,78,79,82,83,84,85,86,91,92,93,101,102,103,104,105,106)/p+1/t24-,25-,26+,27?,28+,29+,33+,34+,35-,39-,41+,42+,43-,44-,45-,46+,47-,48+,49?,50+,51+,52+,60?,63+,64-,65+/m1/s1. The Hall–Kier alpha value is -8.11. The summed E-state index contributed by atoms with van der Waals surface area (Å²) >= 11 is 1.84. The van der Waals surface area contributed by atoms with Gasteiger partial charge < -0.3 is 172 Å². The molecule has 0 saturated carbocycles. The fourth-order valence-corrected chi connectivity index (χ4v) is 14.4. The number of aromatic amines is 1. The zero-order valence-electron chi connectivity index (χ0n) is 63.8. The van der Waals surface area contributed by atoms with Gasteiger partial charge in [0, 0.05) is 61.3 Å². The van der Waals surface area contributed by atoms with Crippen LogP contribution in [0, 0.1) is 6.92 Å². The molecule has 4 aromatic heterocycles. The van der Waals surface area contributed by atoms with E-state index in [1.807, 2.05) is 0 Å². The molecule has 9 amide bonds. The Morgan fingerprint density at radius 3 is 2.02 bits per heavy atom.